The number of para-hydroxylation sites is 2. The molecule has 0 aliphatic carbocycles. The van der Waals surface area contributed by atoms with Crippen LogP contribution in [0.5, 0.6) is 17.2 Å². The molecule has 1 amide bonds. The summed E-state index contributed by atoms with van der Waals surface area (Å²) in [5.41, 5.74) is 5.68. The van der Waals surface area contributed by atoms with E-state index in [1.807, 2.05) is 86.6 Å². The van der Waals surface area contributed by atoms with Gasteiger partial charge in [-0.3, -0.25) is 4.79 Å². The molecule has 0 bridgehead atoms. The molecule has 0 saturated carbocycles. The molecular formula is C31H25ClN2O3. The first-order valence-electron chi connectivity index (χ1n) is 11.8. The molecule has 0 aliphatic heterocycles. The number of nitrogens with one attached hydrogen (secondary N) is 1. The highest BCUT2D eigenvalue weighted by Gasteiger charge is 2.16. The van der Waals surface area contributed by atoms with Crippen LogP contribution in [0.15, 0.2) is 91.0 Å². The number of nitrogens with zero attached hydrogens (tertiary/aromatic N) is 1. The van der Waals surface area contributed by atoms with E-state index < -0.39 is 0 Å². The first-order valence-corrected chi connectivity index (χ1v) is 12.2. The number of carbonyl (C=O) groups is 1. The van der Waals surface area contributed by atoms with E-state index in [0.29, 0.717) is 39.2 Å². The number of ether oxygens (including phenoxy) is 2. The summed E-state index contributed by atoms with van der Waals surface area (Å²) < 4.78 is 11.3. The maximum absolute atomic E-state index is 13.5. The van der Waals surface area contributed by atoms with Crippen LogP contribution in [0.4, 0.5) is 5.69 Å². The van der Waals surface area contributed by atoms with E-state index in [9.17, 15) is 4.79 Å². The van der Waals surface area contributed by atoms with Crippen LogP contribution < -0.4 is 14.8 Å². The molecule has 5 nitrogen and oxygen atoms in total. The van der Waals surface area contributed by atoms with Crippen LogP contribution in [0.3, 0.4) is 0 Å². The van der Waals surface area contributed by atoms with E-state index in [2.05, 4.69) is 11.4 Å². The first-order chi connectivity index (χ1) is 17.9. The average molecular weight is 509 g/mol. The van der Waals surface area contributed by atoms with Gasteiger partial charge in [-0.25, -0.2) is 4.98 Å². The Balaban J connectivity index is 1.46. The fourth-order valence-electron chi connectivity index (χ4n) is 4.27. The molecule has 5 aromatic rings. The van der Waals surface area contributed by atoms with Gasteiger partial charge >= 0.3 is 0 Å². The van der Waals surface area contributed by atoms with Gasteiger partial charge in [0.1, 0.15) is 5.75 Å². The summed E-state index contributed by atoms with van der Waals surface area (Å²) in [7, 11) is 1.60. The van der Waals surface area contributed by atoms with Gasteiger partial charge in [0.2, 0.25) is 0 Å². The van der Waals surface area contributed by atoms with E-state index in [1.54, 1.807) is 19.2 Å². The van der Waals surface area contributed by atoms with Crippen molar-refractivity contribution in [2.75, 3.05) is 12.4 Å². The summed E-state index contributed by atoms with van der Waals surface area (Å²) in [5.74, 6) is 1.68. The van der Waals surface area contributed by atoms with Gasteiger partial charge in [-0.1, -0.05) is 47.5 Å². The molecule has 0 fully saturated rings. The molecule has 0 saturated heterocycles. The third kappa shape index (κ3) is 5.27. The maximum atomic E-state index is 13.5. The lowest BCUT2D eigenvalue weighted by molar-refractivity contribution is 0.102. The Morgan fingerprint density at radius 3 is 2.27 bits per heavy atom. The van der Waals surface area contributed by atoms with Gasteiger partial charge in [0.05, 0.1) is 23.9 Å². The molecule has 0 spiro atoms. The molecule has 6 heteroatoms. The average Bonchev–Trinajstić information content (AvgIpc) is 2.90. The van der Waals surface area contributed by atoms with E-state index in [1.165, 1.54) is 0 Å². The summed E-state index contributed by atoms with van der Waals surface area (Å²) in [5, 5.41) is 4.48. The van der Waals surface area contributed by atoms with Crippen LogP contribution in [0.25, 0.3) is 22.2 Å². The summed E-state index contributed by atoms with van der Waals surface area (Å²) in [6.07, 6.45) is 0. The van der Waals surface area contributed by atoms with Gasteiger partial charge in [-0.05, 0) is 80.1 Å². The van der Waals surface area contributed by atoms with E-state index in [0.717, 1.165) is 27.6 Å². The highest BCUT2D eigenvalue weighted by molar-refractivity contribution is 6.30. The minimum Gasteiger partial charge on any atom is -0.493 e. The van der Waals surface area contributed by atoms with E-state index in [-0.39, 0.29) is 5.91 Å². The number of benzene rings is 4. The molecule has 0 unspecified atom stereocenters. The van der Waals surface area contributed by atoms with Gasteiger partial charge in [-0.2, -0.15) is 0 Å². The van der Waals surface area contributed by atoms with Crippen LogP contribution in [-0.2, 0) is 0 Å². The minimum atomic E-state index is -0.217. The van der Waals surface area contributed by atoms with Crippen molar-refractivity contribution >= 4 is 34.1 Å². The predicted molar refractivity (Wildman–Crippen MR) is 149 cm³/mol. The fraction of sp³-hybridized carbons (Fsp3) is 0.0968. The van der Waals surface area contributed by atoms with Crippen LogP contribution in [-0.4, -0.2) is 18.0 Å². The Bertz CT molecular complexity index is 1600. The third-order valence-corrected chi connectivity index (χ3v) is 6.29. The zero-order valence-electron chi connectivity index (χ0n) is 20.7. The number of rotatable bonds is 6. The van der Waals surface area contributed by atoms with Gasteiger partial charge in [0.25, 0.3) is 5.91 Å². The van der Waals surface area contributed by atoms with Crippen LogP contribution in [0, 0.1) is 13.8 Å². The van der Waals surface area contributed by atoms with Crippen molar-refractivity contribution in [1.82, 2.24) is 4.98 Å². The molecule has 0 radical (unpaired) electrons. The monoisotopic (exact) mass is 508 g/mol. The van der Waals surface area contributed by atoms with Crippen molar-refractivity contribution in [2.45, 2.75) is 13.8 Å². The van der Waals surface area contributed by atoms with Crippen LogP contribution in [0.1, 0.15) is 21.5 Å². The van der Waals surface area contributed by atoms with Crippen LogP contribution >= 0.6 is 11.6 Å². The number of hydrogen-bond acceptors (Lipinski definition) is 4. The molecule has 0 atom stereocenters. The third-order valence-electron chi connectivity index (χ3n) is 6.04. The maximum Gasteiger partial charge on any atom is 0.256 e. The van der Waals surface area contributed by atoms with Crippen LogP contribution in [0.2, 0.25) is 5.02 Å². The minimum absolute atomic E-state index is 0.217. The quantitative estimate of drug-likeness (QED) is 0.251. The van der Waals surface area contributed by atoms with E-state index >= 15 is 0 Å². The predicted octanol–water partition coefficient (Wildman–Crippen LogP) is 8.23. The molecule has 1 N–H and O–H groups in total. The highest BCUT2D eigenvalue weighted by atomic mass is 35.5. The Morgan fingerprint density at radius 2 is 1.57 bits per heavy atom. The number of aryl methyl sites for hydroxylation is 2. The summed E-state index contributed by atoms with van der Waals surface area (Å²) in [6.45, 7) is 4.03. The van der Waals surface area contributed by atoms with Crippen molar-refractivity contribution < 1.29 is 14.3 Å². The topological polar surface area (TPSA) is 60.5 Å². The normalized spacial score (nSPS) is 10.8. The second kappa shape index (κ2) is 10.3. The molecule has 37 heavy (non-hydrogen) atoms. The van der Waals surface area contributed by atoms with Gasteiger partial charge in [0, 0.05) is 21.7 Å². The lowest BCUT2D eigenvalue weighted by Crippen LogP contribution is -2.13. The summed E-state index contributed by atoms with van der Waals surface area (Å²) >= 11 is 6.08. The summed E-state index contributed by atoms with van der Waals surface area (Å²) in [4.78, 5) is 18.4. The largest absolute Gasteiger partial charge is 0.493 e. The highest BCUT2D eigenvalue weighted by Crippen LogP contribution is 2.32. The number of amides is 1. The van der Waals surface area contributed by atoms with Crippen molar-refractivity contribution in [2.24, 2.45) is 0 Å². The smallest absolute Gasteiger partial charge is 0.256 e. The van der Waals surface area contributed by atoms with Gasteiger partial charge < -0.3 is 14.8 Å². The Labute approximate surface area is 220 Å². The number of carbonyl (C=O) groups excluding carboxylic acids is 1. The zero-order chi connectivity index (χ0) is 25.9. The Morgan fingerprint density at radius 1 is 0.865 bits per heavy atom. The van der Waals surface area contributed by atoms with Crippen molar-refractivity contribution in [3.05, 3.63) is 113 Å². The Hall–Kier alpha value is -4.35. The SMILES string of the molecule is COc1ccccc1Oc1ccc(NC(=O)c2cc(-c3ccc(Cl)cc3)nc3c(C)cc(C)cc23)cc1. The number of hydrogen-bond donors (Lipinski definition) is 1. The molecular weight excluding hydrogens is 484 g/mol. The van der Waals surface area contributed by atoms with E-state index in [4.69, 9.17) is 26.1 Å². The number of fused-ring (bicyclic) bond motifs is 1. The molecule has 1 heterocycles. The van der Waals surface area contributed by atoms with Gasteiger partial charge in [0.15, 0.2) is 11.5 Å². The molecule has 184 valence electrons. The lowest BCUT2D eigenvalue weighted by atomic mass is 9.99. The summed E-state index contributed by atoms with van der Waals surface area (Å²) in [6, 6.07) is 28.0. The van der Waals surface area contributed by atoms with Crippen molar-refractivity contribution in [1.29, 1.82) is 0 Å². The zero-order valence-corrected chi connectivity index (χ0v) is 21.5. The lowest BCUT2D eigenvalue weighted by Gasteiger charge is -2.14. The molecule has 4 aromatic carbocycles. The number of halogens is 1. The van der Waals surface area contributed by atoms with Crippen molar-refractivity contribution in [3.63, 3.8) is 0 Å². The number of aromatic nitrogens is 1. The molecule has 5 rings (SSSR count). The number of methoxy groups -OCH3 is 1. The second-order valence-corrected chi connectivity index (χ2v) is 9.21. The van der Waals surface area contributed by atoms with Crippen molar-refractivity contribution in [3.8, 4) is 28.5 Å². The fourth-order valence-corrected chi connectivity index (χ4v) is 4.40. The standard InChI is InChI=1S/C31H25ClN2O3/c1-19-16-20(2)30-25(17-19)26(18-27(34-30)21-8-10-22(32)11-9-21)31(35)33-23-12-14-24(15-13-23)37-29-7-5-4-6-28(29)36-3/h4-18H,1-3H3,(H,33,35). The second-order valence-electron chi connectivity index (χ2n) is 8.77. The number of anilines is 1. The van der Waals surface area contributed by atoms with Gasteiger partial charge in [-0.15, -0.1) is 0 Å². The first kappa shape index (κ1) is 24.3. The number of pyridine rings is 1. The molecule has 1 aromatic heterocycles. The molecule has 0 aliphatic rings. The Kier molecular flexibility index (Phi) is 6.80.